The first-order chi connectivity index (χ1) is 15.7. The summed E-state index contributed by atoms with van der Waals surface area (Å²) >= 11 is 0. The summed E-state index contributed by atoms with van der Waals surface area (Å²) in [5, 5.41) is 2.95. The normalized spacial score (nSPS) is 15.6. The fraction of sp³-hybridized carbons (Fsp3) is 0.286. The lowest BCUT2D eigenvalue weighted by Gasteiger charge is -2.33. The van der Waals surface area contributed by atoms with Crippen molar-refractivity contribution in [2.75, 3.05) is 16.8 Å². The SMILES string of the molecule is CC1Oc2ccc(NC(=O)c3ccc(C(C)(C)C)cc3)cc2N(CCc2ccccc2)C1=O. The Morgan fingerprint density at radius 2 is 1.70 bits per heavy atom. The quantitative estimate of drug-likeness (QED) is 0.560. The van der Waals surface area contributed by atoms with Crippen LogP contribution in [0.5, 0.6) is 5.75 Å². The zero-order valence-electron chi connectivity index (χ0n) is 19.6. The molecule has 5 nitrogen and oxygen atoms in total. The molecule has 1 aliphatic heterocycles. The molecule has 3 aromatic carbocycles. The molecular weight excluding hydrogens is 412 g/mol. The summed E-state index contributed by atoms with van der Waals surface area (Å²) in [5.74, 6) is 0.366. The van der Waals surface area contributed by atoms with Crippen LogP contribution in [0, 0.1) is 0 Å². The highest BCUT2D eigenvalue weighted by molar-refractivity contribution is 6.05. The van der Waals surface area contributed by atoms with Crippen molar-refractivity contribution in [1.29, 1.82) is 0 Å². The number of fused-ring (bicyclic) bond motifs is 1. The van der Waals surface area contributed by atoms with E-state index in [9.17, 15) is 9.59 Å². The van der Waals surface area contributed by atoms with Crippen LogP contribution in [0.1, 0.15) is 49.2 Å². The molecule has 170 valence electrons. The van der Waals surface area contributed by atoms with E-state index in [4.69, 9.17) is 4.74 Å². The molecule has 5 heteroatoms. The largest absolute Gasteiger partial charge is 0.479 e. The minimum absolute atomic E-state index is 0.0282. The lowest BCUT2D eigenvalue weighted by atomic mass is 9.87. The maximum atomic E-state index is 12.9. The third-order valence-corrected chi connectivity index (χ3v) is 5.91. The Balaban J connectivity index is 1.54. The Kier molecular flexibility index (Phi) is 6.23. The van der Waals surface area contributed by atoms with E-state index < -0.39 is 6.10 Å². The molecule has 0 aromatic heterocycles. The average Bonchev–Trinajstić information content (AvgIpc) is 2.80. The number of hydrogen-bond donors (Lipinski definition) is 1. The van der Waals surface area contributed by atoms with E-state index in [2.05, 4.69) is 38.2 Å². The van der Waals surface area contributed by atoms with E-state index in [1.165, 1.54) is 5.56 Å². The molecule has 0 bridgehead atoms. The summed E-state index contributed by atoms with van der Waals surface area (Å²) in [7, 11) is 0. The summed E-state index contributed by atoms with van der Waals surface area (Å²) < 4.78 is 5.81. The second-order valence-corrected chi connectivity index (χ2v) is 9.45. The van der Waals surface area contributed by atoms with Gasteiger partial charge in [-0.3, -0.25) is 9.59 Å². The molecule has 1 unspecified atom stereocenters. The number of anilines is 2. The lowest BCUT2D eigenvalue weighted by molar-refractivity contribution is -0.125. The highest BCUT2D eigenvalue weighted by Gasteiger charge is 2.31. The van der Waals surface area contributed by atoms with Gasteiger partial charge < -0.3 is 15.0 Å². The number of nitrogens with one attached hydrogen (secondary N) is 1. The van der Waals surface area contributed by atoms with Gasteiger partial charge in [0.2, 0.25) is 0 Å². The number of ether oxygens (including phenoxy) is 1. The fourth-order valence-electron chi connectivity index (χ4n) is 3.93. The minimum Gasteiger partial charge on any atom is -0.479 e. The summed E-state index contributed by atoms with van der Waals surface area (Å²) in [5.41, 5.74) is 4.24. The Morgan fingerprint density at radius 3 is 2.36 bits per heavy atom. The molecule has 4 rings (SSSR count). The molecule has 0 radical (unpaired) electrons. The zero-order chi connectivity index (χ0) is 23.6. The number of carbonyl (C=O) groups is 2. The number of hydrogen-bond acceptors (Lipinski definition) is 3. The third kappa shape index (κ3) is 5.08. The van der Waals surface area contributed by atoms with Gasteiger partial charge in [-0.05, 0) is 60.2 Å². The van der Waals surface area contributed by atoms with Crippen molar-refractivity contribution >= 4 is 23.2 Å². The van der Waals surface area contributed by atoms with Crippen molar-refractivity contribution in [2.24, 2.45) is 0 Å². The summed E-state index contributed by atoms with van der Waals surface area (Å²) in [4.78, 5) is 27.5. The summed E-state index contributed by atoms with van der Waals surface area (Å²) in [6.45, 7) is 8.72. The van der Waals surface area contributed by atoms with E-state index in [1.807, 2.05) is 54.6 Å². The molecule has 0 saturated heterocycles. The van der Waals surface area contributed by atoms with Gasteiger partial charge in [0.05, 0.1) is 5.69 Å². The highest BCUT2D eigenvalue weighted by Crippen LogP contribution is 2.36. The van der Waals surface area contributed by atoms with Crippen molar-refractivity contribution in [3.8, 4) is 5.75 Å². The Morgan fingerprint density at radius 1 is 1.00 bits per heavy atom. The molecule has 2 amide bonds. The predicted octanol–water partition coefficient (Wildman–Crippen LogP) is 5.59. The van der Waals surface area contributed by atoms with Crippen molar-refractivity contribution < 1.29 is 14.3 Å². The number of rotatable bonds is 5. The average molecular weight is 443 g/mol. The summed E-state index contributed by atoms with van der Waals surface area (Å²) in [6, 6.07) is 23.2. The van der Waals surface area contributed by atoms with Crippen LogP contribution in [0.3, 0.4) is 0 Å². The van der Waals surface area contributed by atoms with E-state index in [0.717, 1.165) is 12.0 Å². The maximum absolute atomic E-state index is 12.9. The van der Waals surface area contributed by atoms with Crippen molar-refractivity contribution in [2.45, 2.75) is 45.6 Å². The number of nitrogens with zero attached hydrogens (tertiary/aromatic N) is 1. The first-order valence-corrected chi connectivity index (χ1v) is 11.3. The molecule has 1 aliphatic rings. The van der Waals surface area contributed by atoms with Gasteiger partial charge in [0.15, 0.2) is 6.10 Å². The van der Waals surface area contributed by atoms with Crippen LogP contribution in [-0.2, 0) is 16.6 Å². The van der Waals surface area contributed by atoms with Crippen LogP contribution in [0.15, 0.2) is 72.8 Å². The van der Waals surface area contributed by atoms with Gasteiger partial charge in [-0.15, -0.1) is 0 Å². The highest BCUT2D eigenvalue weighted by atomic mass is 16.5. The first kappa shape index (κ1) is 22.6. The number of benzene rings is 3. The van der Waals surface area contributed by atoms with Gasteiger partial charge in [0.25, 0.3) is 11.8 Å². The van der Waals surface area contributed by atoms with E-state index in [0.29, 0.717) is 29.2 Å². The van der Waals surface area contributed by atoms with Gasteiger partial charge in [-0.25, -0.2) is 0 Å². The monoisotopic (exact) mass is 442 g/mol. The summed E-state index contributed by atoms with van der Waals surface area (Å²) in [6.07, 6.45) is 0.185. The Hall–Kier alpha value is -3.60. The van der Waals surface area contributed by atoms with Gasteiger partial charge in [0, 0.05) is 17.8 Å². The van der Waals surface area contributed by atoms with Crippen LogP contribution >= 0.6 is 0 Å². The van der Waals surface area contributed by atoms with Crippen LogP contribution in [0.4, 0.5) is 11.4 Å². The van der Waals surface area contributed by atoms with Crippen LogP contribution in [0.2, 0.25) is 0 Å². The Labute approximate surface area is 195 Å². The molecule has 3 aromatic rings. The number of carbonyl (C=O) groups excluding carboxylic acids is 2. The van der Waals surface area contributed by atoms with Gasteiger partial charge in [-0.2, -0.15) is 0 Å². The van der Waals surface area contributed by atoms with Gasteiger partial charge >= 0.3 is 0 Å². The lowest BCUT2D eigenvalue weighted by Crippen LogP contribution is -2.45. The minimum atomic E-state index is -0.546. The zero-order valence-corrected chi connectivity index (χ0v) is 19.6. The standard InChI is InChI=1S/C28H30N2O3/c1-19-27(32)30(17-16-20-8-6-5-7-9-20)24-18-23(14-15-25(24)33-19)29-26(31)21-10-12-22(13-11-21)28(2,3)4/h5-15,18-19H,16-17H2,1-4H3,(H,29,31). The fourth-order valence-corrected chi connectivity index (χ4v) is 3.93. The van der Waals surface area contributed by atoms with Crippen LogP contribution in [-0.4, -0.2) is 24.5 Å². The molecule has 1 atom stereocenters. The van der Waals surface area contributed by atoms with E-state index in [-0.39, 0.29) is 17.2 Å². The topological polar surface area (TPSA) is 58.6 Å². The molecule has 1 heterocycles. The molecular formula is C28H30N2O3. The van der Waals surface area contributed by atoms with Crippen LogP contribution in [0.25, 0.3) is 0 Å². The number of amides is 2. The Bertz CT molecular complexity index is 1150. The molecule has 33 heavy (non-hydrogen) atoms. The smallest absolute Gasteiger partial charge is 0.267 e. The van der Waals surface area contributed by atoms with Gasteiger partial charge in [-0.1, -0.05) is 63.2 Å². The second kappa shape index (κ2) is 9.10. The predicted molar refractivity (Wildman–Crippen MR) is 132 cm³/mol. The third-order valence-electron chi connectivity index (χ3n) is 5.91. The van der Waals surface area contributed by atoms with Crippen LogP contribution < -0.4 is 15.0 Å². The second-order valence-electron chi connectivity index (χ2n) is 9.45. The molecule has 1 N–H and O–H groups in total. The van der Waals surface area contributed by atoms with Crippen molar-refractivity contribution in [1.82, 2.24) is 0 Å². The molecule has 0 fully saturated rings. The molecule has 0 aliphatic carbocycles. The van der Waals surface area contributed by atoms with E-state index >= 15 is 0 Å². The van der Waals surface area contributed by atoms with Crippen molar-refractivity contribution in [3.05, 3.63) is 89.5 Å². The molecule has 0 saturated carbocycles. The maximum Gasteiger partial charge on any atom is 0.267 e. The van der Waals surface area contributed by atoms with Crippen molar-refractivity contribution in [3.63, 3.8) is 0 Å². The van der Waals surface area contributed by atoms with Gasteiger partial charge in [0.1, 0.15) is 5.75 Å². The first-order valence-electron chi connectivity index (χ1n) is 11.3. The molecule has 0 spiro atoms. The van der Waals surface area contributed by atoms with E-state index in [1.54, 1.807) is 17.9 Å².